The first kappa shape index (κ1) is 20.4. The summed E-state index contributed by atoms with van der Waals surface area (Å²) < 4.78 is 11.8. The Morgan fingerprint density at radius 1 is 1.14 bits per heavy atom. The summed E-state index contributed by atoms with van der Waals surface area (Å²) in [7, 11) is 0. The zero-order valence-electron chi connectivity index (χ0n) is 17.0. The van der Waals surface area contributed by atoms with Crippen molar-refractivity contribution in [3.63, 3.8) is 0 Å². The molecule has 1 heterocycles. The predicted molar refractivity (Wildman–Crippen MR) is 111 cm³/mol. The number of hydrogen-bond acceptors (Lipinski definition) is 3. The van der Waals surface area contributed by atoms with Gasteiger partial charge < -0.3 is 14.4 Å². The number of aryl methyl sites for hydroxylation is 1. The van der Waals surface area contributed by atoms with Gasteiger partial charge in [-0.1, -0.05) is 73.5 Å². The summed E-state index contributed by atoms with van der Waals surface area (Å²) in [6, 6.07) is 18.8. The lowest BCUT2D eigenvalue weighted by molar-refractivity contribution is -0.0239. The van der Waals surface area contributed by atoms with Crippen LogP contribution in [-0.2, 0) is 16.1 Å². The van der Waals surface area contributed by atoms with Crippen molar-refractivity contribution in [1.82, 2.24) is 4.90 Å². The van der Waals surface area contributed by atoms with E-state index in [0.29, 0.717) is 26.3 Å². The molecular formula is C24H31NO3. The fourth-order valence-electron chi connectivity index (χ4n) is 3.71. The quantitative estimate of drug-likeness (QED) is 0.610. The van der Waals surface area contributed by atoms with Gasteiger partial charge in [-0.15, -0.1) is 0 Å². The van der Waals surface area contributed by atoms with Crippen LogP contribution >= 0.6 is 0 Å². The normalized spacial score (nSPS) is 19.4. The van der Waals surface area contributed by atoms with Crippen molar-refractivity contribution in [3.8, 4) is 0 Å². The van der Waals surface area contributed by atoms with Gasteiger partial charge in [0.1, 0.15) is 0 Å². The number of rotatable bonds is 7. The number of piperidine rings is 1. The van der Waals surface area contributed by atoms with Gasteiger partial charge in [0.2, 0.25) is 0 Å². The maximum atomic E-state index is 12.4. The summed E-state index contributed by atoms with van der Waals surface area (Å²) in [5.74, 6) is 0.281. The van der Waals surface area contributed by atoms with Crippen molar-refractivity contribution in [2.45, 2.75) is 51.7 Å². The minimum atomic E-state index is -0.218. The highest BCUT2D eigenvalue weighted by atomic mass is 16.6. The second-order valence-corrected chi connectivity index (χ2v) is 7.56. The van der Waals surface area contributed by atoms with Crippen LogP contribution in [-0.4, -0.2) is 36.8 Å². The molecule has 4 heteroatoms. The van der Waals surface area contributed by atoms with Crippen molar-refractivity contribution >= 4 is 6.09 Å². The number of ether oxygens (including phenoxy) is 2. The van der Waals surface area contributed by atoms with Gasteiger partial charge in [-0.05, 0) is 30.9 Å². The van der Waals surface area contributed by atoms with Crippen molar-refractivity contribution < 1.29 is 14.3 Å². The van der Waals surface area contributed by atoms with Crippen molar-refractivity contribution in [3.05, 3.63) is 71.3 Å². The lowest BCUT2D eigenvalue weighted by atomic mass is 9.86. The maximum absolute atomic E-state index is 12.4. The van der Waals surface area contributed by atoms with E-state index in [4.69, 9.17) is 9.47 Å². The molecule has 0 aromatic heterocycles. The van der Waals surface area contributed by atoms with Crippen LogP contribution in [0, 0.1) is 6.92 Å². The highest BCUT2D eigenvalue weighted by molar-refractivity contribution is 5.67. The van der Waals surface area contributed by atoms with E-state index in [0.717, 1.165) is 24.8 Å². The van der Waals surface area contributed by atoms with Crippen LogP contribution in [0.1, 0.15) is 48.8 Å². The number of nitrogens with zero attached hydrogens (tertiary/aromatic N) is 1. The van der Waals surface area contributed by atoms with E-state index in [9.17, 15) is 4.79 Å². The van der Waals surface area contributed by atoms with Gasteiger partial charge in [0.05, 0.1) is 25.9 Å². The molecule has 4 nitrogen and oxygen atoms in total. The first-order valence-corrected chi connectivity index (χ1v) is 10.3. The van der Waals surface area contributed by atoms with E-state index in [-0.39, 0.29) is 18.1 Å². The molecule has 0 saturated carbocycles. The lowest BCUT2D eigenvalue weighted by Crippen LogP contribution is -2.47. The van der Waals surface area contributed by atoms with Crippen LogP contribution in [0.2, 0.25) is 0 Å². The van der Waals surface area contributed by atoms with E-state index >= 15 is 0 Å². The summed E-state index contributed by atoms with van der Waals surface area (Å²) in [5, 5.41) is 0. The minimum Gasteiger partial charge on any atom is -0.449 e. The molecule has 2 aromatic rings. The molecule has 0 aliphatic carbocycles. The second kappa shape index (κ2) is 10.3. The first-order chi connectivity index (χ1) is 13.7. The van der Waals surface area contributed by atoms with Crippen molar-refractivity contribution in [2.75, 3.05) is 19.7 Å². The summed E-state index contributed by atoms with van der Waals surface area (Å²) in [5.41, 5.74) is 3.69. The van der Waals surface area contributed by atoms with Crippen molar-refractivity contribution in [1.29, 1.82) is 0 Å². The number of hydrogen-bond donors (Lipinski definition) is 0. The van der Waals surface area contributed by atoms with E-state index in [1.165, 1.54) is 11.1 Å². The van der Waals surface area contributed by atoms with Crippen LogP contribution in [0.4, 0.5) is 4.79 Å². The van der Waals surface area contributed by atoms with Crippen LogP contribution in [0.15, 0.2) is 54.6 Å². The second-order valence-electron chi connectivity index (χ2n) is 7.56. The molecule has 0 bridgehead atoms. The Kier molecular flexibility index (Phi) is 7.49. The lowest BCUT2D eigenvalue weighted by Gasteiger charge is -2.38. The van der Waals surface area contributed by atoms with Gasteiger partial charge >= 0.3 is 6.09 Å². The van der Waals surface area contributed by atoms with E-state index in [1.54, 1.807) is 4.90 Å². The summed E-state index contributed by atoms with van der Waals surface area (Å²) >= 11 is 0. The number of unbranched alkanes of at least 4 members (excludes halogenated alkanes) is 1. The zero-order valence-corrected chi connectivity index (χ0v) is 17.0. The standard InChI is InChI=1S/C24H31NO3/c1-3-4-15-27-24(26)25-14-13-22(21-12-8-9-19(2)16-21)23(17-25)28-18-20-10-6-5-7-11-20/h5-12,16,22-23H,3-4,13-15,17-18H2,1-2H3. The molecule has 2 atom stereocenters. The average Bonchev–Trinajstić information content (AvgIpc) is 2.73. The SMILES string of the molecule is CCCCOC(=O)N1CCC(c2cccc(C)c2)C(OCc2ccccc2)C1. The Bertz CT molecular complexity index is 747. The molecule has 0 N–H and O–H groups in total. The number of benzene rings is 2. The topological polar surface area (TPSA) is 38.8 Å². The minimum absolute atomic E-state index is 0.0468. The first-order valence-electron chi connectivity index (χ1n) is 10.3. The fourth-order valence-corrected chi connectivity index (χ4v) is 3.71. The highest BCUT2D eigenvalue weighted by Gasteiger charge is 2.34. The molecule has 3 rings (SSSR count). The molecule has 0 radical (unpaired) electrons. The molecule has 1 aliphatic rings. The smallest absolute Gasteiger partial charge is 0.409 e. The van der Waals surface area contributed by atoms with Crippen LogP contribution < -0.4 is 0 Å². The number of likely N-dealkylation sites (tertiary alicyclic amines) is 1. The van der Waals surface area contributed by atoms with E-state index in [1.807, 2.05) is 18.2 Å². The van der Waals surface area contributed by atoms with E-state index < -0.39 is 0 Å². The van der Waals surface area contributed by atoms with Gasteiger partial charge in [0, 0.05) is 12.5 Å². The average molecular weight is 382 g/mol. The fraction of sp³-hybridized carbons (Fsp3) is 0.458. The Balaban J connectivity index is 1.70. The van der Waals surface area contributed by atoms with Gasteiger partial charge in [0.15, 0.2) is 0 Å². The third-order valence-corrected chi connectivity index (χ3v) is 5.32. The molecular weight excluding hydrogens is 350 g/mol. The molecule has 2 unspecified atom stereocenters. The molecule has 150 valence electrons. The third kappa shape index (κ3) is 5.59. The summed E-state index contributed by atoms with van der Waals surface area (Å²) in [6.07, 6.45) is 2.54. The Labute approximate surface area is 168 Å². The summed E-state index contributed by atoms with van der Waals surface area (Å²) in [4.78, 5) is 14.2. The number of carbonyl (C=O) groups excluding carboxylic acids is 1. The Morgan fingerprint density at radius 3 is 2.71 bits per heavy atom. The largest absolute Gasteiger partial charge is 0.449 e. The Hall–Kier alpha value is -2.33. The number of amides is 1. The van der Waals surface area contributed by atoms with Gasteiger partial charge in [-0.3, -0.25) is 0 Å². The molecule has 2 aromatic carbocycles. The summed E-state index contributed by atoms with van der Waals surface area (Å²) in [6.45, 7) is 6.51. The molecule has 1 aliphatic heterocycles. The monoisotopic (exact) mass is 381 g/mol. The van der Waals surface area contributed by atoms with Crippen LogP contribution in [0.5, 0.6) is 0 Å². The molecule has 1 amide bonds. The zero-order chi connectivity index (χ0) is 19.8. The van der Waals surface area contributed by atoms with Crippen molar-refractivity contribution in [2.24, 2.45) is 0 Å². The molecule has 28 heavy (non-hydrogen) atoms. The van der Waals surface area contributed by atoms with Crippen LogP contribution in [0.25, 0.3) is 0 Å². The van der Waals surface area contributed by atoms with Gasteiger partial charge in [-0.25, -0.2) is 4.79 Å². The van der Waals surface area contributed by atoms with Crippen LogP contribution in [0.3, 0.4) is 0 Å². The molecule has 0 spiro atoms. The molecule has 1 fully saturated rings. The predicted octanol–water partition coefficient (Wildman–Crippen LogP) is 5.31. The Morgan fingerprint density at radius 2 is 1.96 bits per heavy atom. The highest BCUT2D eigenvalue weighted by Crippen LogP contribution is 2.32. The maximum Gasteiger partial charge on any atom is 0.409 e. The van der Waals surface area contributed by atoms with Gasteiger partial charge in [0.25, 0.3) is 0 Å². The molecule has 1 saturated heterocycles. The number of carbonyl (C=O) groups is 1. The van der Waals surface area contributed by atoms with E-state index in [2.05, 4.69) is 50.2 Å². The third-order valence-electron chi connectivity index (χ3n) is 5.32. The van der Waals surface area contributed by atoms with Gasteiger partial charge in [-0.2, -0.15) is 0 Å².